The van der Waals surface area contributed by atoms with Crippen LogP contribution in [0.5, 0.6) is 0 Å². The Hall–Kier alpha value is -1.40. The molecule has 0 spiro atoms. The zero-order chi connectivity index (χ0) is 28.1. The molecule has 0 nitrogen and oxygen atoms in total. The van der Waals surface area contributed by atoms with Gasteiger partial charge < -0.3 is 24.8 Å². The summed E-state index contributed by atoms with van der Waals surface area (Å²) in [4.78, 5) is 0. The molecule has 0 amide bonds. The second-order valence-electron chi connectivity index (χ2n) is 13.3. The first-order valence-corrected chi connectivity index (χ1v) is 16.0. The molecule has 0 N–H and O–H groups in total. The number of allylic oxidation sites excluding steroid dienone is 4. The number of hydrogen-bond donors (Lipinski definition) is 0. The molecule has 1 saturated carbocycles. The molecular weight excluding hydrogens is 619 g/mol. The summed E-state index contributed by atoms with van der Waals surface area (Å²) >= 11 is 1.69. The molecule has 0 unspecified atom stereocenters. The Kier molecular flexibility index (Phi) is 10.9. The Balaban J connectivity index is 0.000000239. The SMILES string of the molecule is CC1=[C-]C(C)(C)c2cc3c(cc21)-c1cc2c(cc1C3)C(C)(C)C=C2C.Cc1c[cH-]c(C)c1.[Cl-].[Cl-].[Zr+2]=[C]1CCCCC1. The van der Waals surface area contributed by atoms with Gasteiger partial charge >= 0.3 is 59.5 Å². The van der Waals surface area contributed by atoms with E-state index < -0.39 is 0 Å². The van der Waals surface area contributed by atoms with Crippen molar-refractivity contribution in [2.45, 2.75) is 105 Å². The van der Waals surface area contributed by atoms with Gasteiger partial charge in [0.15, 0.2) is 0 Å². The molecule has 0 bridgehead atoms. The predicted octanol–water partition coefficient (Wildman–Crippen LogP) is 4.15. The number of hydrogen-bond acceptors (Lipinski definition) is 0. The molecule has 7 rings (SSSR count). The summed E-state index contributed by atoms with van der Waals surface area (Å²) in [7, 11) is 0. The average molecular weight is 663 g/mol. The van der Waals surface area contributed by atoms with Crippen molar-refractivity contribution in [2.75, 3.05) is 0 Å². The summed E-state index contributed by atoms with van der Waals surface area (Å²) in [6, 6.07) is 16.2. The molecule has 41 heavy (non-hydrogen) atoms. The zero-order valence-corrected chi connectivity index (χ0v) is 30.1. The molecule has 4 aliphatic rings. The van der Waals surface area contributed by atoms with Gasteiger partial charge in [0.25, 0.3) is 0 Å². The van der Waals surface area contributed by atoms with Gasteiger partial charge in [-0.15, -0.1) is 11.6 Å². The van der Waals surface area contributed by atoms with E-state index in [0.717, 1.165) is 6.42 Å². The molecular formula is C38H44Cl2Zr-2. The van der Waals surface area contributed by atoms with Crippen LogP contribution in [0.2, 0.25) is 0 Å². The van der Waals surface area contributed by atoms with E-state index in [1.807, 2.05) is 0 Å². The van der Waals surface area contributed by atoms with E-state index >= 15 is 0 Å². The van der Waals surface area contributed by atoms with E-state index in [4.69, 9.17) is 0 Å². The summed E-state index contributed by atoms with van der Waals surface area (Å²) in [6.45, 7) is 17.9. The van der Waals surface area contributed by atoms with Crippen molar-refractivity contribution in [3.8, 4) is 11.1 Å². The molecule has 4 aliphatic carbocycles. The summed E-state index contributed by atoms with van der Waals surface area (Å²) < 4.78 is 1.80. The monoisotopic (exact) mass is 660 g/mol. The van der Waals surface area contributed by atoms with Crippen molar-refractivity contribution in [1.82, 2.24) is 0 Å². The van der Waals surface area contributed by atoms with Gasteiger partial charge in [-0.25, -0.2) is 17.2 Å². The number of rotatable bonds is 0. The topological polar surface area (TPSA) is 0 Å². The molecule has 0 atom stereocenters. The first kappa shape index (κ1) is 34.1. The summed E-state index contributed by atoms with van der Waals surface area (Å²) in [5, 5.41) is 0. The second-order valence-corrected chi connectivity index (χ2v) is 15.1. The number of aryl methyl sites for hydroxylation is 2. The maximum absolute atomic E-state index is 3.65. The number of halogens is 2. The summed E-state index contributed by atoms with van der Waals surface area (Å²) in [6.07, 6.45) is 14.4. The van der Waals surface area contributed by atoms with Crippen LogP contribution < -0.4 is 24.8 Å². The van der Waals surface area contributed by atoms with Crippen LogP contribution in [-0.4, -0.2) is 3.21 Å². The minimum atomic E-state index is 0. The van der Waals surface area contributed by atoms with E-state index in [1.54, 1.807) is 27.4 Å². The van der Waals surface area contributed by atoms with Crippen LogP contribution in [0.15, 0.2) is 48.5 Å². The van der Waals surface area contributed by atoms with Gasteiger partial charge in [0, 0.05) is 5.41 Å². The Bertz CT molecular complexity index is 1400. The fraction of sp³-hybridized carbons (Fsp3) is 0.421. The molecule has 0 heterocycles. The van der Waals surface area contributed by atoms with Crippen molar-refractivity contribution in [2.24, 2.45) is 0 Å². The van der Waals surface area contributed by atoms with Crippen LogP contribution in [-0.2, 0) is 41.5 Å². The fourth-order valence-corrected chi connectivity index (χ4v) is 7.84. The number of fused-ring (bicyclic) bond motifs is 5. The van der Waals surface area contributed by atoms with Crippen LogP contribution in [0.1, 0.15) is 118 Å². The standard InChI is InChI=1S/C25H25.C7H9.C6H10.2ClH.Zr/c1-14-12-24(3,4)22-8-16-7-17-9-23-19(15(2)13-25(23,5)6)11-21(17)20(16)10-18(14)22;1-6-3-4-7(2)5-6;1-2-4-6-5-3-1;;;/h8-12H,7H2,1-6H3;3-5H,1-2H3;1-5H2;2*1H;/q2*-1;;;;+2/p-2. The van der Waals surface area contributed by atoms with Crippen LogP contribution in [0.25, 0.3) is 22.3 Å². The van der Waals surface area contributed by atoms with Crippen LogP contribution in [0.4, 0.5) is 0 Å². The molecule has 0 aromatic heterocycles. The maximum atomic E-state index is 3.65. The van der Waals surface area contributed by atoms with E-state index in [9.17, 15) is 0 Å². The normalized spacial score (nSPS) is 18.0. The molecule has 0 radical (unpaired) electrons. The third-order valence-corrected chi connectivity index (χ3v) is 10.2. The van der Waals surface area contributed by atoms with Gasteiger partial charge in [0.1, 0.15) is 0 Å². The third-order valence-electron chi connectivity index (χ3n) is 8.95. The molecule has 216 valence electrons. The molecule has 0 aliphatic heterocycles. The fourth-order valence-electron chi connectivity index (χ4n) is 6.97. The molecule has 3 heteroatoms. The molecule has 1 fully saturated rings. The Morgan fingerprint density at radius 3 is 1.80 bits per heavy atom. The van der Waals surface area contributed by atoms with Crippen molar-refractivity contribution in [1.29, 1.82) is 0 Å². The van der Waals surface area contributed by atoms with Crippen LogP contribution in [0, 0.1) is 19.9 Å². The van der Waals surface area contributed by atoms with Crippen LogP contribution in [0.3, 0.4) is 0 Å². The first-order valence-electron chi connectivity index (χ1n) is 14.8. The quantitative estimate of drug-likeness (QED) is 0.249. The molecule has 3 aromatic rings. The van der Waals surface area contributed by atoms with Crippen molar-refractivity contribution < 1.29 is 49.0 Å². The van der Waals surface area contributed by atoms with E-state index in [-0.39, 0.29) is 35.6 Å². The average Bonchev–Trinajstić information content (AvgIpc) is 3.55. The Morgan fingerprint density at radius 1 is 0.732 bits per heavy atom. The van der Waals surface area contributed by atoms with E-state index in [0.29, 0.717) is 0 Å². The van der Waals surface area contributed by atoms with E-state index in [1.165, 1.54) is 98.9 Å². The van der Waals surface area contributed by atoms with Gasteiger partial charge in [-0.2, -0.15) is 23.3 Å². The first-order chi connectivity index (χ1) is 18.4. The number of benzene rings is 2. The second kappa shape index (κ2) is 13.1. The van der Waals surface area contributed by atoms with Crippen molar-refractivity contribution >= 4 is 14.4 Å². The molecule has 3 aromatic carbocycles. The van der Waals surface area contributed by atoms with Gasteiger partial charge in [0.2, 0.25) is 0 Å². The van der Waals surface area contributed by atoms with Gasteiger partial charge in [-0.1, -0.05) is 72.1 Å². The Labute approximate surface area is 276 Å². The van der Waals surface area contributed by atoms with Gasteiger partial charge in [0.05, 0.1) is 0 Å². The van der Waals surface area contributed by atoms with E-state index in [2.05, 4.69) is 110 Å². The third kappa shape index (κ3) is 7.06. The van der Waals surface area contributed by atoms with Gasteiger partial charge in [-0.05, 0) is 58.4 Å². The summed E-state index contributed by atoms with van der Waals surface area (Å²) in [5.41, 5.74) is 17.3. The summed E-state index contributed by atoms with van der Waals surface area (Å²) in [5.74, 6) is 0. The minimum absolute atomic E-state index is 0. The van der Waals surface area contributed by atoms with Crippen molar-refractivity contribution in [3.05, 3.63) is 99.1 Å². The molecule has 0 saturated heterocycles. The van der Waals surface area contributed by atoms with Crippen LogP contribution >= 0.6 is 0 Å². The van der Waals surface area contributed by atoms with Crippen molar-refractivity contribution in [3.63, 3.8) is 0 Å². The van der Waals surface area contributed by atoms with Gasteiger partial charge in [-0.3, -0.25) is 6.08 Å². The predicted molar refractivity (Wildman–Crippen MR) is 166 cm³/mol. The Morgan fingerprint density at radius 2 is 1.32 bits per heavy atom. The zero-order valence-electron chi connectivity index (χ0n) is 26.1.